The quantitative estimate of drug-likeness (QED) is 0.432. The summed E-state index contributed by atoms with van der Waals surface area (Å²) in [6, 6.07) is 2.43. The van der Waals surface area contributed by atoms with Crippen LogP contribution in [0.25, 0.3) is 10.6 Å². The van der Waals surface area contributed by atoms with Crippen molar-refractivity contribution in [3.05, 3.63) is 39.4 Å². The highest BCUT2D eigenvalue weighted by molar-refractivity contribution is 7.17. The summed E-state index contributed by atoms with van der Waals surface area (Å²) in [5.41, 5.74) is 1.06. The number of hydrogen-bond acceptors (Lipinski definition) is 9. The minimum absolute atomic E-state index is 0.199. The van der Waals surface area contributed by atoms with E-state index in [9.17, 15) is 14.7 Å². The molecule has 2 aliphatic rings. The van der Waals surface area contributed by atoms with Gasteiger partial charge in [0.15, 0.2) is 5.13 Å². The lowest BCUT2D eigenvalue weighted by Crippen LogP contribution is -2.36. The fraction of sp³-hybridized carbons (Fsp3) is 0.458. The number of nitrogens with zero attached hydrogens (tertiary/aromatic N) is 5. The summed E-state index contributed by atoms with van der Waals surface area (Å²) in [6.45, 7) is 5.29. The SMILES string of the molecule is CC1CCCN1Cc1sc(NC(=O)c2cnc(N3CCC(C(=O)O)CC3)cn2)nc1-c1cc(Cl)cs1. The molecule has 1 atom stereocenters. The molecule has 1 unspecified atom stereocenters. The molecular formula is C24H27ClN6O3S2. The van der Waals surface area contributed by atoms with Crippen LogP contribution in [-0.2, 0) is 11.3 Å². The Morgan fingerprint density at radius 1 is 1.19 bits per heavy atom. The van der Waals surface area contributed by atoms with Crippen molar-refractivity contribution in [1.29, 1.82) is 0 Å². The maximum atomic E-state index is 12.9. The van der Waals surface area contributed by atoms with Crippen LogP contribution in [-0.4, -0.2) is 62.5 Å². The van der Waals surface area contributed by atoms with Crippen molar-refractivity contribution in [2.24, 2.45) is 5.92 Å². The number of carbonyl (C=O) groups is 2. The molecule has 0 spiro atoms. The van der Waals surface area contributed by atoms with E-state index < -0.39 is 5.97 Å². The van der Waals surface area contributed by atoms with Crippen molar-refractivity contribution in [3.8, 4) is 10.6 Å². The highest BCUT2D eigenvalue weighted by atomic mass is 35.5. The number of thiazole rings is 1. The molecule has 190 valence electrons. The third-order valence-electron chi connectivity index (χ3n) is 6.79. The van der Waals surface area contributed by atoms with Crippen molar-refractivity contribution < 1.29 is 14.7 Å². The second kappa shape index (κ2) is 10.8. The zero-order valence-electron chi connectivity index (χ0n) is 19.8. The van der Waals surface area contributed by atoms with Crippen molar-refractivity contribution in [3.63, 3.8) is 0 Å². The lowest BCUT2D eigenvalue weighted by atomic mass is 9.97. The van der Waals surface area contributed by atoms with Gasteiger partial charge >= 0.3 is 5.97 Å². The molecule has 1 amide bonds. The van der Waals surface area contributed by atoms with E-state index in [4.69, 9.17) is 16.6 Å². The van der Waals surface area contributed by atoms with Crippen LogP contribution in [0.4, 0.5) is 10.9 Å². The second-order valence-electron chi connectivity index (χ2n) is 9.20. The Kier molecular flexibility index (Phi) is 7.52. The van der Waals surface area contributed by atoms with E-state index in [-0.39, 0.29) is 17.5 Å². The van der Waals surface area contributed by atoms with Gasteiger partial charge in [-0.05, 0) is 45.2 Å². The Hall–Kier alpha value is -2.60. The van der Waals surface area contributed by atoms with Crippen molar-refractivity contribution in [2.75, 3.05) is 29.9 Å². The molecule has 0 saturated carbocycles. The van der Waals surface area contributed by atoms with Gasteiger partial charge in [0, 0.05) is 35.9 Å². The van der Waals surface area contributed by atoms with Gasteiger partial charge < -0.3 is 10.0 Å². The maximum Gasteiger partial charge on any atom is 0.306 e. The molecule has 36 heavy (non-hydrogen) atoms. The summed E-state index contributed by atoms with van der Waals surface area (Å²) in [4.78, 5) is 44.1. The van der Waals surface area contributed by atoms with Gasteiger partial charge in [0.25, 0.3) is 5.91 Å². The molecule has 2 fully saturated rings. The van der Waals surface area contributed by atoms with Crippen LogP contribution in [0, 0.1) is 5.92 Å². The first-order chi connectivity index (χ1) is 17.4. The van der Waals surface area contributed by atoms with Crippen LogP contribution in [0.5, 0.6) is 0 Å². The normalized spacial score (nSPS) is 19.1. The minimum Gasteiger partial charge on any atom is -0.481 e. The van der Waals surface area contributed by atoms with Crippen LogP contribution in [0.1, 0.15) is 48.0 Å². The highest BCUT2D eigenvalue weighted by Gasteiger charge is 2.26. The molecule has 2 saturated heterocycles. The first kappa shape index (κ1) is 25.1. The number of anilines is 2. The number of nitrogens with one attached hydrogen (secondary N) is 1. The molecule has 3 aromatic heterocycles. The Morgan fingerprint density at radius 3 is 2.61 bits per heavy atom. The van der Waals surface area contributed by atoms with Crippen molar-refractivity contribution in [1.82, 2.24) is 19.9 Å². The molecule has 0 aromatic carbocycles. The highest BCUT2D eigenvalue weighted by Crippen LogP contribution is 2.37. The largest absolute Gasteiger partial charge is 0.481 e. The Labute approximate surface area is 222 Å². The predicted octanol–water partition coefficient (Wildman–Crippen LogP) is 4.85. The molecular weight excluding hydrogens is 520 g/mol. The number of piperidine rings is 1. The number of carbonyl (C=O) groups excluding carboxylic acids is 1. The summed E-state index contributed by atoms with van der Waals surface area (Å²) < 4.78 is 0. The third-order valence-corrected chi connectivity index (χ3v) is 9.04. The number of likely N-dealkylation sites (tertiary alicyclic amines) is 1. The van der Waals surface area contributed by atoms with E-state index in [0.717, 1.165) is 28.5 Å². The van der Waals surface area contributed by atoms with Gasteiger partial charge in [-0.3, -0.25) is 19.8 Å². The molecule has 9 nitrogen and oxygen atoms in total. The molecule has 0 aliphatic carbocycles. The van der Waals surface area contributed by atoms with Gasteiger partial charge in [0.05, 0.1) is 33.9 Å². The number of rotatable bonds is 7. The molecule has 2 aliphatic heterocycles. The van der Waals surface area contributed by atoms with Gasteiger partial charge in [-0.2, -0.15) is 0 Å². The van der Waals surface area contributed by atoms with Gasteiger partial charge in [-0.25, -0.2) is 15.0 Å². The van der Waals surface area contributed by atoms with Crippen LogP contribution >= 0.6 is 34.3 Å². The fourth-order valence-corrected chi connectivity index (χ4v) is 6.82. The summed E-state index contributed by atoms with van der Waals surface area (Å²) >= 11 is 9.20. The van der Waals surface area contributed by atoms with Crippen LogP contribution in [0.2, 0.25) is 5.02 Å². The third kappa shape index (κ3) is 5.54. The van der Waals surface area contributed by atoms with Crippen molar-refractivity contribution >= 4 is 57.1 Å². The minimum atomic E-state index is -0.752. The Bertz CT molecular complexity index is 1240. The average Bonchev–Trinajstić information content (AvgIpc) is 3.60. The number of carboxylic acids is 1. The average molecular weight is 547 g/mol. The first-order valence-corrected chi connectivity index (χ1v) is 14.0. The molecule has 3 aromatic rings. The number of aliphatic carboxylic acids is 1. The molecule has 12 heteroatoms. The molecule has 5 heterocycles. The zero-order valence-corrected chi connectivity index (χ0v) is 22.2. The molecule has 0 bridgehead atoms. The summed E-state index contributed by atoms with van der Waals surface area (Å²) in [5, 5.41) is 15.1. The van der Waals surface area contributed by atoms with E-state index in [2.05, 4.69) is 27.1 Å². The van der Waals surface area contributed by atoms with E-state index in [0.29, 0.717) is 47.9 Å². The smallest absolute Gasteiger partial charge is 0.306 e. The van der Waals surface area contributed by atoms with E-state index in [1.165, 1.54) is 30.4 Å². The molecule has 2 N–H and O–H groups in total. The summed E-state index contributed by atoms with van der Waals surface area (Å²) in [6.07, 6.45) is 6.54. The van der Waals surface area contributed by atoms with E-state index in [1.54, 1.807) is 17.5 Å². The fourth-order valence-electron chi connectivity index (χ4n) is 4.67. The van der Waals surface area contributed by atoms with Gasteiger partial charge in [0.2, 0.25) is 0 Å². The van der Waals surface area contributed by atoms with Gasteiger partial charge in [-0.1, -0.05) is 22.9 Å². The maximum absolute atomic E-state index is 12.9. The number of amides is 1. The number of hydrogen-bond donors (Lipinski definition) is 2. The summed E-state index contributed by atoms with van der Waals surface area (Å²) in [7, 11) is 0. The lowest BCUT2D eigenvalue weighted by Gasteiger charge is -2.30. The lowest BCUT2D eigenvalue weighted by molar-refractivity contribution is -0.142. The van der Waals surface area contributed by atoms with Crippen LogP contribution < -0.4 is 10.2 Å². The topological polar surface area (TPSA) is 112 Å². The van der Waals surface area contributed by atoms with Crippen LogP contribution in [0.15, 0.2) is 23.8 Å². The number of thiophene rings is 1. The molecule has 0 radical (unpaired) electrons. The van der Waals surface area contributed by atoms with Gasteiger partial charge in [0.1, 0.15) is 11.5 Å². The standard InChI is InChI=1S/C24H27ClN6O3S2/c1-14-3-2-6-31(14)12-19-21(18-9-16(25)13-35-18)28-24(36-19)29-22(32)17-10-27-20(11-26-17)30-7-4-15(5-8-30)23(33)34/h9-11,13-15H,2-8,12H2,1H3,(H,33,34)(H,28,29,32). The zero-order chi connectivity index (χ0) is 25.2. The van der Waals surface area contributed by atoms with E-state index in [1.807, 2.05) is 16.3 Å². The first-order valence-electron chi connectivity index (χ1n) is 12.0. The van der Waals surface area contributed by atoms with E-state index >= 15 is 0 Å². The van der Waals surface area contributed by atoms with Crippen LogP contribution in [0.3, 0.4) is 0 Å². The van der Waals surface area contributed by atoms with Gasteiger partial charge in [-0.15, -0.1) is 11.3 Å². The Balaban J connectivity index is 1.28. The summed E-state index contributed by atoms with van der Waals surface area (Å²) in [5.74, 6) is -0.794. The number of carboxylic acid groups (broad SMARTS) is 1. The molecule has 5 rings (SSSR count). The second-order valence-corrected chi connectivity index (χ2v) is 11.6. The van der Waals surface area contributed by atoms with Crippen molar-refractivity contribution in [2.45, 2.75) is 45.2 Å². The Morgan fingerprint density at radius 2 is 2.00 bits per heavy atom. The number of aromatic nitrogens is 3. The number of halogens is 1. The monoisotopic (exact) mass is 546 g/mol. The predicted molar refractivity (Wildman–Crippen MR) is 142 cm³/mol.